The van der Waals surface area contributed by atoms with Crippen LogP contribution < -0.4 is 9.47 Å². The smallest absolute Gasteiger partial charge is 0.141 e. The molecule has 0 N–H and O–H groups in total. The predicted molar refractivity (Wildman–Crippen MR) is 86.5 cm³/mol. The number of hydrogen-bond acceptors (Lipinski definition) is 3. The van der Waals surface area contributed by atoms with Crippen LogP contribution in [0.15, 0.2) is 42.5 Å². The van der Waals surface area contributed by atoms with Crippen molar-refractivity contribution in [2.45, 2.75) is 11.4 Å². The summed E-state index contributed by atoms with van der Waals surface area (Å²) in [5.41, 5.74) is 1.71. The van der Waals surface area contributed by atoms with Gasteiger partial charge >= 0.3 is 0 Å². The van der Waals surface area contributed by atoms with Crippen LogP contribution in [0.2, 0.25) is 5.02 Å². The molecule has 0 aliphatic carbocycles. The number of halogens is 2. The van der Waals surface area contributed by atoms with Crippen molar-refractivity contribution in [3.05, 3.63) is 58.6 Å². The molecule has 0 heterocycles. The largest absolute Gasteiger partial charge is 0.495 e. The Hall–Kier alpha value is -1.52. The zero-order chi connectivity index (χ0) is 15.2. The lowest BCUT2D eigenvalue weighted by Crippen LogP contribution is -2.02. The SMILES string of the molecule is COc1cc(OCc2ccccc2)c([C@H](Br)C=O)cc1Cl. The summed E-state index contributed by atoms with van der Waals surface area (Å²) in [6.45, 7) is 0.400. The van der Waals surface area contributed by atoms with Gasteiger partial charge in [-0.1, -0.05) is 57.9 Å². The topological polar surface area (TPSA) is 35.5 Å². The summed E-state index contributed by atoms with van der Waals surface area (Å²) < 4.78 is 11.0. The monoisotopic (exact) mass is 368 g/mol. The zero-order valence-corrected chi connectivity index (χ0v) is 13.7. The number of ether oxygens (including phenoxy) is 2. The lowest BCUT2D eigenvalue weighted by molar-refractivity contribution is -0.107. The highest BCUT2D eigenvalue weighted by Crippen LogP contribution is 2.38. The molecule has 3 nitrogen and oxygen atoms in total. The summed E-state index contributed by atoms with van der Waals surface area (Å²) in [6.07, 6.45) is 0.785. The Balaban J connectivity index is 2.29. The number of alkyl halides is 1. The van der Waals surface area contributed by atoms with Crippen LogP contribution in [0.1, 0.15) is 16.0 Å². The van der Waals surface area contributed by atoms with E-state index in [9.17, 15) is 4.79 Å². The first-order chi connectivity index (χ1) is 10.2. The first-order valence-corrected chi connectivity index (χ1v) is 7.58. The quantitative estimate of drug-likeness (QED) is 0.553. The molecular formula is C16H14BrClO3. The zero-order valence-electron chi connectivity index (χ0n) is 11.4. The van der Waals surface area contributed by atoms with Gasteiger partial charge in [-0.25, -0.2) is 0 Å². The van der Waals surface area contributed by atoms with Gasteiger partial charge in [0.25, 0.3) is 0 Å². The lowest BCUT2D eigenvalue weighted by atomic mass is 10.1. The second-order valence-electron chi connectivity index (χ2n) is 4.34. The van der Waals surface area contributed by atoms with Crippen molar-refractivity contribution in [2.24, 2.45) is 0 Å². The van der Waals surface area contributed by atoms with Crippen molar-refractivity contribution in [1.82, 2.24) is 0 Å². The molecule has 0 radical (unpaired) electrons. The molecule has 0 aliphatic rings. The van der Waals surface area contributed by atoms with E-state index in [0.29, 0.717) is 28.7 Å². The van der Waals surface area contributed by atoms with Crippen molar-refractivity contribution in [3.8, 4) is 11.5 Å². The highest BCUT2D eigenvalue weighted by Gasteiger charge is 2.16. The predicted octanol–water partition coefficient (Wildman–Crippen LogP) is 4.56. The molecule has 2 aromatic rings. The van der Waals surface area contributed by atoms with Crippen LogP contribution in [0.4, 0.5) is 0 Å². The summed E-state index contributed by atoms with van der Waals surface area (Å²) in [5, 5.41) is 0.436. The molecular weight excluding hydrogens is 356 g/mol. The van der Waals surface area contributed by atoms with Crippen molar-refractivity contribution in [3.63, 3.8) is 0 Å². The molecule has 110 valence electrons. The molecule has 0 saturated heterocycles. The molecule has 0 bridgehead atoms. The molecule has 0 fully saturated rings. The van der Waals surface area contributed by atoms with Gasteiger partial charge in [0.05, 0.1) is 17.0 Å². The Bertz CT molecular complexity index is 616. The van der Waals surface area contributed by atoms with E-state index in [1.165, 1.54) is 7.11 Å². The summed E-state index contributed by atoms with van der Waals surface area (Å²) in [6, 6.07) is 13.1. The third-order valence-electron chi connectivity index (χ3n) is 2.94. The van der Waals surface area contributed by atoms with Crippen molar-refractivity contribution in [1.29, 1.82) is 0 Å². The molecule has 5 heteroatoms. The third kappa shape index (κ3) is 3.99. The first-order valence-electron chi connectivity index (χ1n) is 6.29. The minimum atomic E-state index is -0.480. The molecule has 21 heavy (non-hydrogen) atoms. The van der Waals surface area contributed by atoms with E-state index >= 15 is 0 Å². The van der Waals surface area contributed by atoms with Gasteiger partial charge in [-0.05, 0) is 11.6 Å². The van der Waals surface area contributed by atoms with Crippen LogP contribution >= 0.6 is 27.5 Å². The highest BCUT2D eigenvalue weighted by molar-refractivity contribution is 9.09. The second-order valence-corrected chi connectivity index (χ2v) is 5.73. The van der Waals surface area contributed by atoms with Crippen LogP contribution in [0, 0.1) is 0 Å². The fraction of sp³-hybridized carbons (Fsp3) is 0.188. The Labute approximate surface area is 137 Å². The van der Waals surface area contributed by atoms with Gasteiger partial charge < -0.3 is 14.3 Å². The number of hydrogen-bond donors (Lipinski definition) is 0. The van der Waals surface area contributed by atoms with E-state index in [2.05, 4.69) is 15.9 Å². The molecule has 0 amide bonds. The van der Waals surface area contributed by atoms with Gasteiger partial charge in [0.15, 0.2) is 0 Å². The van der Waals surface area contributed by atoms with E-state index in [0.717, 1.165) is 11.8 Å². The Morgan fingerprint density at radius 2 is 1.95 bits per heavy atom. The first kappa shape index (κ1) is 15.9. The van der Waals surface area contributed by atoms with Crippen molar-refractivity contribution < 1.29 is 14.3 Å². The number of carbonyl (C=O) groups excluding carboxylic acids is 1. The summed E-state index contributed by atoms with van der Waals surface area (Å²) in [4.78, 5) is 10.5. The molecule has 0 saturated carbocycles. The van der Waals surface area contributed by atoms with Gasteiger partial charge in [0.2, 0.25) is 0 Å². The summed E-state index contributed by atoms with van der Waals surface area (Å²) in [5.74, 6) is 1.07. The maximum Gasteiger partial charge on any atom is 0.141 e. The number of aldehydes is 1. The molecule has 1 atom stereocenters. The van der Waals surface area contributed by atoms with E-state index in [-0.39, 0.29) is 0 Å². The van der Waals surface area contributed by atoms with Crippen molar-refractivity contribution >= 4 is 33.8 Å². The fourth-order valence-electron chi connectivity index (χ4n) is 1.86. The van der Waals surface area contributed by atoms with Crippen LogP contribution in [-0.4, -0.2) is 13.4 Å². The van der Waals surface area contributed by atoms with Gasteiger partial charge in [0, 0.05) is 11.6 Å². The van der Waals surface area contributed by atoms with E-state index in [1.54, 1.807) is 12.1 Å². The van der Waals surface area contributed by atoms with E-state index < -0.39 is 4.83 Å². The number of methoxy groups -OCH3 is 1. The summed E-state index contributed by atoms with van der Waals surface area (Å²) in [7, 11) is 1.53. The van der Waals surface area contributed by atoms with Gasteiger partial charge in [-0.2, -0.15) is 0 Å². The van der Waals surface area contributed by atoms with E-state index in [4.69, 9.17) is 21.1 Å². The Kier molecular flexibility index (Phi) is 5.65. The lowest BCUT2D eigenvalue weighted by Gasteiger charge is -2.15. The fourth-order valence-corrected chi connectivity index (χ4v) is 2.46. The minimum absolute atomic E-state index is 0.400. The Morgan fingerprint density at radius 3 is 2.57 bits per heavy atom. The van der Waals surface area contributed by atoms with Crippen LogP contribution in [0.25, 0.3) is 0 Å². The third-order valence-corrected chi connectivity index (χ3v) is 3.94. The second kappa shape index (κ2) is 7.48. The molecule has 2 aromatic carbocycles. The molecule has 0 unspecified atom stereocenters. The Morgan fingerprint density at radius 1 is 1.24 bits per heavy atom. The van der Waals surface area contributed by atoms with Gasteiger partial charge in [0.1, 0.15) is 24.4 Å². The average molecular weight is 370 g/mol. The van der Waals surface area contributed by atoms with Crippen molar-refractivity contribution in [2.75, 3.05) is 7.11 Å². The molecule has 2 rings (SSSR count). The summed E-state index contributed by atoms with van der Waals surface area (Å²) >= 11 is 9.40. The molecule has 0 aliphatic heterocycles. The standard InChI is InChI=1S/C16H14BrClO3/c1-20-16-8-15(12(7-14(16)18)13(17)9-19)21-10-11-5-3-2-4-6-11/h2-9,13H,10H2,1H3/t13-/m1/s1. The van der Waals surface area contributed by atoms with Gasteiger partial charge in [-0.3, -0.25) is 0 Å². The van der Waals surface area contributed by atoms with Crippen LogP contribution in [0.5, 0.6) is 11.5 Å². The number of carbonyl (C=O) groups is 1. The highest BCUT2D eigenvalue weighted by atomic mass is 79.9. The maximum absolute atomic E-state index is 11.0. The average Bonchev–Trinajstić information content (AvgIpc) is 2.53. The van der Waals surface area contributed by atoms with Crippen LogP contribution in [0.3, 0.4) is 0 Å². The van der Waals surface area contributed by atoms with E-state index in [1.807, 2.05) is 30.3 Å². The van der Waals surface area contributed by atoms with Crippen LogP contribution in [-0.2, 0) is 11.4 Å². The molecule has 0 spiro atoms. The normalized spacial score (nSPS) is 11.8. The maximum atomic E-state index is 11.0. The molecule has 0 aromatic heterocycles. The van der Waals surface area contributed by atoms with Gasteiger partial charge in [-0.15, -0.1) is 0 Å². The minimum Gasteiger partial charge on any atom is -0.495 e. The number of rotatable bonds is 6. The number of benzene rings is 2.